The van der Waals surface area contributed by atoms with Crippen LogP contribution in [0, 0.1) is 0 Å². The Morgan fingerprint density at radius 3 is 2.53 bits per heavy atom. The lowest BCUT2D eigenvalue weighted by Gasteiger charge is -2.15. The molecule has 0 aromatic rings. The summed E-state index contributed by atoms with van der Waals surface area (Å²) in [5, 5.41) is 0. The molecule has 0 heterocycles. The number of alkyl halides is 1. The van der Waals surface area contributed by atoms with Crippen molar-refractivity contribution in [1.29, 1.82) is 0 Å². The summed E-state index contributed by atoms with van der Waals surface area (Å²) in [5.41, 5.74) is 0.0158. The third kappa shape index (κ3) is 4.65. The van der Waals surface area contributed by atoms with Crippen molar-refractivity contribution in [2.45, 2.75) is 13.0 Å². The summed E-state index contributed by atoms with van der Waals surface area (Å²) >= 11 is 5.53. The maximum absolute atomic E-state index is 11.2. The Kier molecular flexibility index (Phi) is 6.45. The van der Waals surface area contributed by atoms with Crippen LogP contribution in [0.15, 0.2) is 24.8 Å². The molecule has 0 fully saturated rings. The van der Waals surface area contributed by atoms with E-state index in [-0.39, 0.29) is 18.1 Å². The molecule has 0 bridgehead atoms. The van der Waals surface area contributed by atoms with Gasteiger partial charge < -0.3 is 9.47 Å². The van der Waals surface area contributed by atoms with Gasteiger partial charge in [0.2, 0.25) is 0 Å². The maximum Gasteiger partial charge on any atom is 0.337 e. The molecule has 0 aromatic carbocycles. The Bertz CT molecular complexity index is 273. The first-order valence-electron chi connectivity index (χ1n) is 4.31. The van der Waals surface area contributed by atoms with Gasteiger partial charge in [-0.15, -0.1) is 11.6 Å². The van der Waals surface area contributed by atoms with Crippen LogP contribution in [0.4, 0.5) is 0 Å². The summed E-state index contributed by atoms with van der Waals surface area (Å²) in [6, 6.07) is 0. The van der Waals surface area contributed by atoms with Gasteiger partial charge in [-0.2, -0.15) is 0 Å². The molecule has 0 aliphatic carbocycles. The summed E-state index contributed by atoms with van der Waals surface area (Å²) in [7, 11) is 0. The molecule has 1 unspecified atom stereocenters. The van der Waals surface area contributed by atoms with Gasteiger partial charge in [0.1, 0.15) is 6.10 Å². The minimum atomic E-state index is -0.879. The zero-order chi connectivity index (χ0) is 11.8. The number of hydrogen-bond donors (Lipinski definition) is 0. The van der Waals surface area contributed by atoms with E-state index in [0.717, 1.165) is 6.08 Å². The zero-order valence-electron chi connectivity index (χ0n) is 8.49. The van der Waals surface area contributed by atoms with Gasteiger partial charge in [0.25, 0.3) is 0 Å². The van der Waals surface area contributed by atoms with E-state index < -0.39 is 18.0 Å². The van der Waals surface area contributed by atoms with Gasteiger partial charge in [-0.25, -0.2) is 9.59 Å². The smallest absolute Gasteiger partial charge is 0.337 e. The highest BCUT2D eigenvalue weighted by Crippen LogP contribution is 2.09. The van der Waals surface area contributed by atoms with Crippen LogP contribution in [0.3, 0.4) is 0 Å². The van der Waals surface area contributed by atoms with Crippen LogP contribution in [0.1, 0.15) is 6.92 Å². The molecular formula is C10H13ClO4. The molecule has 0 aromatic heterocycles. The van der Waals surface area contributed by atoms with E-state index in [1.54, 1.807) is 6.92 Å². The van der Waals surface area contributed by atoms with Crippen LogP contribution in [-0.2, 0) is 19.1 Å². The third-order valence-electron chi connectivity index (χ3n) is 1.49. The SMILES string of the molecule is C=CC(=O)OC(CCl)C(=C)C(=O)OCC. The Hall–Kier alpha value is -1.29. The Labute approximate surface area is 93.5 Å². The van der Waals surface area contributed by atoms with E-state index in [1.807, 2.05) is 0 Å². The van der Waals surface area contributed by atoms with Crippen LogP contribution in [0.2, 0.25) is 0 Å². The molecule has 0 N–H and O–H groups in total. The van der Waals surface area contributed by atoms with Gasteiger partial charge in [0.05, 0.1) is 18.1 Å². The van der Waals surface area contributed by atoms with Crippen LogP contribution in [0.5, 0.6) is 0 Å². The predicted molar refractivity (Wildman–Crippen MR) is 56.6 cm³/mol. The fourth-order valence-electron chi connectivity index (χ4n) is 0.739. The zero-order valence-corrected chi connectivity index (χ0v) is 9.25. The molecule has 84 valence electrons. The van der Waals surface area contributed by atoms with Gasteiger partial charge in [-0.05, 0) is 6.92 Å². The standard InChI is InChI=1S/C10H13ClO4/c1-4-9(12)15-8(6-11)7(3)10(13)14-5-2/h4,8H,1,3,5-6H2,2H3. The molecule has 5 heteroatoms. The molecule has 0 aliphatic heterocycles. The molecule has 0 saturated carbocycles. The number of carbonyl (C=O) groups is 2. The lowest BCUT2D eigenvalue weighted by atomic mass is 10.2. The van der Waals surface area contributed by atoms with Crippen molar-refractivity contribution < 1.29 is 19.1 Å². The first-order chi connectivity index (χ1) is 7.06. The van der Waals surface area contributed by atoms with E-state index in [4.69, 9.17) is 16.3 Å². The van der Waals surface area contributed by atoms with Crippen molar-refractivity contribution in [3.05, 3.63) is 24.8 Å². The highest BCUT2D eigenvalue weighted by molar-refractivity contribution is 6.19. The van der Waals surface area contributed by atoms with Crippen molar-refractivity contribution in [3.63, 3.8) is 0 Å². The molecule has 15 heavy (non-hydrogen) atoms. The summed E-state index contributed by atoms with van der Waals surface area (Å²) in [5.74, 6) is -1.34. The van der Waals surface area contributed by atoms with E-state index in [1.165, 1.54) is 0 Å². The second kappa shape index (κ2) is 7.06. The fraction of sp³-hybridized carbons (Fsp3) is 0.400. The van der Waals surface area contributed by atoms with Crippen LogP contribution in [-0.4, -0.2) is 30.5 Å². The summed E-state index contributed by atoms with van der Waals surface area (Å²) in [6.45, 7) is 8.57. The second-order valence-electron chi connectivity index (χ2n) is 2.53. The highest BCUT2D eigenvalue weighted by atomic mass is 35.5. The van der Waals surface area contributed by atoms with Crippen molar-refractivity contribution in [2.75, 3.05) is 12.5 Å². The molecule has 0 spiro atoms. The Balaban J connectivity index is 4.40. The van der Waals surface area contributed by atoms with Gasteiger partial charge in [-0.3, -0.25) is 0 Å². The first-order valence-corrected chi connectivity index (χ1v) is 4.85. The number of carbonyl (C=O) groups excluding carboxylic acids is 2. The Morgan fingerprint density at radius 1 is 1.53 bits per heavy atom. The topological polar surface area (TPSA) is 52.6 Å². The van der Waals surface area contributed by atoms with Crippen molar-refractivity contribution in [2.24, 2.45) is 0 Å². The average molecular weight is 233 g/mol. The van der Waals surface area contributed by atoms with E-state index in [0.29, 0.717) is 0 Å². The molecule has 0 saturated heterocycles. The average Bonchev–Trinajstić information content (AvgIpc) is 2.24. The minimum absolute atomic E-state index is 0.0158. The molecular weight excluding hydrogens is 220 g/mol. The molecule has 0 rings (SSSR count). The number of halogens is 1. The van der Waals surface area contributed by atoms with Gasteiger partial charge in [0.15, 0.2) is 0 Å². The third-order valence-corrected chi connectivity index (χ3v) is 1.77. The Morgan fingerprint density at radius 2 is 2.13 bits per heavy atom. The van der Waals surface area contributed by atoms with Crippen LogP contribution < -0.4 is 0 Å². The number of hydrogen-bond acceptors (Lipinski definition) is 4. The largest absolute Gasteiger partial charge is 0.463 e. The molecule has 0 aliphatic rings. The normalized spacial score (nSPS) is 11.3. The monoisotopic (exact) mass is 232 g/mol. The minimum Gasteiger partial charge on any atom is -0.463 e. The molecule has 0 radical (unpaired) electrons. The first kappa shape index (κ1) is 13.7. The van der Waals surface area contributed by atoms with Crippen LogP contribution >= 0.6 is 11.6 Å². The second-order valence-corrected chi connectivity index (χ2v) is 2.84. The molecule has 1 atom stereocenters. The quantitative estimate of drug-likeness (QED) is 0.395. The van der Waals surface area contributed by atoms with E-state index in [9.17, 15) is 9.59 Å². The van der Waals surface area contributed by atoms with Gasteiger partial charge >= 0.3 is 11.9 Å². The van der Waals surface area contributed by atoms with Crippen molar-refractivity contribution >= 4 is 23.5 Å². The number of ether oxygens (including phenoxy) is 2. The summed E-state index contributed by atoms with van der Waals surface area (Å²) < 4.78 is 9.48. The van der Waals surface area contributed by atoms with E-state index in [2.05, 4.69) is 17.9 Å². The fourth-order valence-corrected chi connectivity index (χ4v) is 0.989. The maximum atomic E-state index is 11.2. The number of rotatable bonds is 6. The van der Waals surface area contributed by atoms with Crippen LogP contribution in [0.25, 0.3) is 0 Å². The number of esters is 2. The summed E-state index contributed by atoms with van der Waals surface area (Å²) in [4.78, 5) is 22.1. The van der Waals surface area contributed by atoms with Crippen molar-refractivity contribution in [3.8, 4) is 0 Å². The van der Waals surface area contributed by atoms with Gasteiger partial charge in [-0.1, -0.05) is 13.2 Å². The lowest BCUT2D eigenvalue weighted by molar-refractivity contribution is -0.144. The summed E-state index contributed by atoms with van der Waals surface area (Å²) in [6.07, 6.45) is 0.106. The lowest BCUT2D eigenvalue weighted by Crippen LogP contribution is -2.26. The predicted octanol–water partition coefficient (Wildman–Crippen LogP) is 1.44. The van der Waals surface area contributed by atoms with E-state index >= 15 is 0 Å². The van der Waals surface area contributed by atoms with Gasteiger partial charge in [0, 0.05) is 6.08 Å². The molecule has 0 amide bonds. The van der Waals surface area contributed by atoms with Crippen molar-refractivity contribution in [1.82, 2.24) is 0 Å². The molecule has 4 nitrogen and oxygen atoms in total. The highest BCUT2D eigenvalue weighted by Gasteiger charge is 2.22.